The molecule has 1 aromatic carbocycles. The van der Waals surface area contributed by atoms with Gasteiger partial charge in [-0.3, -0.25) is 0 Å². The van der Waals surface area contributed by atoms with Crippen molar-refractivity contribution in [2.75, 3.05) is 7.11 Å². The summed E-state index contributed by atoms with van der Waals surface area (Å²) in [6.07, 6.45) is 1.51. The van der Waals surface area contributed by atoms with Gasteiger partial charge < -0.3 is 4.84 Å². The molecule has 0 bridgehead atoms. The lowest BCUT2D eigenvalue weighted by Crippen LogP contribution is -1.81. The zero-order chi connectivity index (χ0) is 8.10. The van der Waals surface area contributed by atoms with Gasteiger partial charge in [-0.25, -0.2) is 4.39 Å². The molecule has 0 heterocycles. The first-order valence-electron chi connectivity index (χ1n) is 3.15. The Morgan fingerprint density at radius 2 is 2.00 bits per heavy atom. The van der Waals surface area contributed by atoms with E-state index in [0.29, 0.717) is 0 Å². The maximum Gasteiger partial charge on any atom is 0.123 e. The molecular weight excluding hydrogens is 145 g/mol. The first-order valence-corrected chi connectivity index (χ1v) is 3.15. The van der Waals surface area contributed by atoms with Crippen LogP contribution < -0.4 is 0 Å². The van der Waals surface area contributed by atoms with Crippen LogP contribution in [0, 0.1) is 5.82 Å². The number of nitrogens with zero attached hydrogens (tertiary/aromatic N) is 1. The van der Waals surface area contributed by atoms with Crippen molar-refractivity contribution < 1.29 is 9.23 Å². The minimum absolute atomic E-state index is 0.250. The van der Waals surface area contributed by atoms with Crippen LogP contribution in [-0.4, -0.2) is 13.3 Å². The molecular formula is C8H8FNO. The predicted octanol–water partition coefficient (Wildman–Crippen LogP) is 1.81. The molecule has 0 fully saturated rings. The molecule has 0 saturated heterocycles. The summed E-state index contributed by atoms with van der Waals surface area (Å²) in [4.78, 5) is 4.45. The molecule has 0 radical (unpaired) electrons. The second-order valence-corrected chi connectivity index (χ2v) is 1.97. The third kappa shape index (κ3) is 2.37. The van der Waals surface area contributed by atoms with Crippen LogP contribution in [0.1, 0.15) is 5.56 Å². The summed E-state index contributed by atoms with van der Waals surface area (Å²) in [5.74, 6) is -0.250. The SMILES string of the molecule is CO/N=C\c1ccc(F)cc1. The molecule has 11 heavy (non-hydrogen) atoms. The topological polar surface area (TPSA) is 21.6 Å². The van der Waals surface area contributed by atoms with Gasteiger partial charge in [-0.2, -0.15) is 0 Å². The van der Waals surface area contributed by atoms with Gasteiger partial charge in [-0.15, -0.1) is 0 Å². The van der Waals surface area contributed by atoms with Crippen molar-refractivity contribution in [3.05, 3.63) is 35.6 Å². The fraction of sp³-hybridized carbons (Fsp3) is 0.125. The molecule has 0 unspecified atom stereocenters. The Hall–Kier alpha value is -1.38. The Bertz CT molecular complexity index is 243. The zero-order valence-electron chi connectivity index (χ0n) is 6.12. The van der Waals surface area contributed by atoms with Crippen LogP contribution in [0.15, 0.2) is 29.4 Å². The molecule has 3 heteroatoms. The highest BCUT2D eigenvalue weighted by atomic mass is 19.1. The zero-order valence-corrected chi connectivity index (χ0v) is 6.12. The highest BCUT2D eigenvalue weighted by molar-refractivity contribution is 5.78. The van der Waals surface area contributed by atoms with E-state index >= 15 is 0 Å². The van der Waals surface area contributed by atoms with E-state index in [2.05, 4.69) is 9.99 Å². The van der Waals surface area contributed by atoms with Crippen molar-refractivity contribution >= 4 is 6.21 Å². The molecule has 0 aliphatic heterocycles. The lowest BCUT2D eigenvalue weighted by atomic mass is 10.2. The molecule has 0 amide bonds. The Balaban J connectivity index is 2.73. The van der Waals surface area contributed by atoms with Crippen molar-refractivity contribution in [2.24, 2.45) is 5.16 Å². The molecule has 0 saturated carbocycles. The number of oxime groups is 1. The molecule has 0 aromatic heterocycles. The van der Waals surface area contributed by atoms with Crippen LogP contribution in [0.3, 0.4) is 0 Å². The van der Waals surface area contributed by atoms with E-state index < -0.39 is 0 Å². The number of rotatable bonds is 2. The van der Waals surface area contributed by atoms with Crippen LogP contribution in [0.4, 0.5) is 4.39 Å². The van der Waals surface area contributed by atoms with Gasteiger partial charge in [0.25, 0.3) is 0 Å². The average Bonchev–Trinajstić information content (AvgIpc) is 2.04. The summed E-state index contributed by atoms with van der Waals surface area (Å²) in [5, 5.41) is 3.52. The standard InChI is InChI=1S/C8H8FNO/c1-11-10-6-7-2-4-8(9)5-3-7/h2-6H,1H3/b10-6-. The van der Waals surface area contributed by atoms with E-state index in [9.17, 15) is 4.39 Å². The van der Waals surface area contributed by atoms with Crippen LogP contribution in [0.25, 0.3) is 0 Å². The van der Waals surface area contributed by atoms with Gasteiger partial charge in [0.05, 0.1) is 6.21 Å². The van der Waals surface area contributed by atoms with Gasteiger partial charge in [0.15, 0.2) is 0 Å². The molecule has 1 rings (SSSR count). The number of hydrogen-bond acceptors (Lipinski definition) is 2. The normalized spacial score (nSPS) is 10.4. The lowest BCUT2D eigenvalue weighted by Gasteiger charge is -1.90. The van der Waals surface area contributed by atoms with Crippen LogP contribution in [-0.2, 0) is 4.84 Å². The van der Waals surface area contributed by atoms with Crippen LogP contribution >= 0.6 is 0 Å². The second kappa shape index (κ2) is 3.71. The molecule has 58 valence electrons. The quantitative estimate of drug-likeness (QED) is 0.469. The van der Waals surface area contributed by atoms with Gasteiger partial charge in [0.1, 0.15) is 12.9 Å². The van der Waals surface area contributed by atoms with E-state index in [4.69, 9.17) is 0 Å². The third-order valence-electron chi connectivity index (χ3n) is 1.18. The Labute approximate surface area is 64.3 Å². The minimum Gasteiger partial charge on any atom is -0.399 e. The van der Waals surface area contributed by atoms with Crippen LogP contribution in [0.2, 0.25) is 0 Å². The molecule has 0 N–H and O–H groups in total. The average molecular weight is 153 g/mol. The highest BCUT2D eigenvalue weighted by Gasteiger charge is 1.88. The highest BCUT2D eigenvalue weighted by Crippen LogP contribution is 1.99. The van der Waals surface area contributed by atoms with Gasteiger partial charge in [-0.1, -0.05) is 17.3 Å². The predicted molar refractivity (Wildman–Crippen MR) is 41.0 cm³/mol. The van der Waals surface area contributed by atoms with Gasteiger partial charge in [-0.05, 0) is 17.7 Å². The molecule has 2 nitrogen and oxygen atoms in total. The van der Waals surface area contributed by atoms with Crippen molar-refractivity contribution in [1.29, 1.82) is 0 Å². The lowest BCUT2D eigenvalue weighted by molar-refractivity contribution is 0.215. The molecule has 0 aliphatic rings. The molecule has 0 spiro atoms. The van der Waals surface area contributed by atoms with E-state index in [1.807, 2.05) is 0 Å². The van der Waals surface area contributed by atoms with Gasteiger partial charge in [0.2, 0.25) is 0 Å². The molecule has 0 aliphatic carbocycles. The summed E-state index contributed by atoms with van der Waals surface area (Å²) < 4.78 is 12.3. The van der Waals surface area contributed by atoms with E-state index in [1.54, 1.807) is 12.1 Å². The largest absolute Gasteiger partial charge is 0.399 e. The number of hydrogen-bond donors (Lipinski definition) is 0. The van der Waals surface area contributed by atoms with E-state index in [-0.39, 0.29) is 5.82 Å². The Morgan fingerprint density at radius 3 is 2.55 bits per heavy atom. The van der Waals surface area contributed by atoms with E-state index in [1.165, 1.54) is 25.5 Å². The van der Waals surface area contributed by atoms with Crippen molar-refractivity contribution in [3.8, 4) is 0 Å². The van der Waals surface area contributed by atoms with Crippen molar-refractivity contribution in [3.63, 3.8) is 0 Å². The monoisotopic (exact) mass is 153 g/mol. The Morgan fingerprint density at radius 1 is 1.36 bits per heavy atom. The van der Waals surface area contributed by atoms with Gasteiger partial charge in [0, 0.05) is 0 Å². The van der Waals surface area contributed by atoms with E-state index in [0.717, 1.165) is 5.56 Å². The summed E-state index contributed by atoms with van der Waals surface area (Å²) in [5.41, 5.74) is 0.813. The number of halogens is 1. The fourth-order valence-electron chi connectivity index (χ4n) is 0.662. The smallest absolute Gasteiger partial charge is 0.123 e. The molecule has 1 aromatic rings. The fourth-order valence-corrected chi connectivity index (χ4v) is 0.662. The summed E-state index contributed by atoms with van der Waals surface area (Å²) >= 11 is 0. The first kappa shape index (κ1) is 7.72. The Kier molecular flexibility index (Phi) is 2.60. The maximum atomic E-state index is 12.3. The van der Waals surface area contributed by atoms with Crippen molar-refractivity contribution in [2.45, 2.75) is 0 Å². The summed E-state index contributed by atoms with van der Waals surface area (Å²) in [7, 11) is 1.46. The van der Waals surface area contributed by atoms with Crippen molar-refractivity contribution in [1.82, 2.24) is 0 Å². The number of benzene rings is 1. The third-order valence-corrected chi connectivity index (χ3v) is 1.18. The summed E-state index contributed by atoms with van der Waals surface area (Å²) in [6, 6.07) is 5.99. The summed E-state index contributed by atoms with van der Waals surface area (Å²) in [6.45, 7) is 0. The second-order valence-electron chi connectivity index (χ2n) is 1.97. The van der Waals surface area contributed by atoms with Crippen LogP contribution in [0.5, 0.6) is 0 Å². The maximum absolute atomic E-state index is 12.3. The van der Waals surface area contributed by atoms with Gasteiger partial charge >= 0.3 is 0 Å². The first-order chi connectivity index (χ1) is 5.33. The molecule has 0 atom stereocenters. The minimum atomic E-state index is -0.250.